The van der Waals surface area contributed by atoms with Gasteiger partial charge in [0.15, 0.2) is 0 Å². The summed E-state index contributed by atoms with van der Waals surface area (Å²) >= 11 is 2.32. The molecule has 50 valence electrons. The molecule has 0 aliphatic carbocycles. The van der Waals surface area contributed by atoms with Crippen LogP contribution in [-0.2, 0) is 8.85 Å². The maximum atomic E-state index is 5.05. The van der Waals surface area contributed by atoms with Crippen LogP contribution < -0.4 is 0 Å². The fourth-order valence-corrected chi connectivity index (χ4v) is 2.79. The van der Waals surface area contributed by atoms with Gasteiger partial charge in [-0.15, -0.1) is 0 Å². The molecule has 0 aliphatic rings. The van der Waals surface area contributed by atoms with Gasteiger partial charge in [0.1, 0.15) is 0 Å². The molecule has 0 radical (unpaired) electrons. The second-order valence-corrected chi connectivity index (χ2v) is 4.84. The Morgan fingerprint density at radius 1 is 1.38 bits per heavy atom. The molecule has 0 aromatic carbocycles. The van der Waals surface area contributed by atoms with Crippen LogP contribution in [0.1, 0.15) is 0 Å². The van der Waals surface area contributed by atoms with Crippen molar-refractivity contribution < 1.29 is 8.85 Å². The van der Waals surface area contributed by atoms with Crippen molar-refractivity contribution in [2.45, 2.75) is 6.04 Å². The van der Waals surface area contributed by atoms with Gasteiger partial charge < -0.3 is 8.85 Å². The zero-order valence-corrected chi connectivity index (χ0v) is 8.50. The maximum absolute atomic E-state index is 5.05. The lowest BCUT2D eigenvalue weighted by atomic mass is 11.0. The molecule has 0 aromatic heterocycles. The highest BCUT2D eigenvalue weighted by Gasteiger charge is 2.05. The quantitative estimate of drug-likeness (QED) is 0.417. The summed E-state index contributed by atoms with van der Waals surface area (Å²) in [6.45, 7) is 0. The van der Waals surface area contributed by atoms with Crippen molar-refractivity contribution >= 4 is 31.9 Å². The van der Waals surface area contributed by atoms with Crippen LogP contribution in [0.15, 0.2) is 0 Å². The van der Waals surface area contributed by atoms with Gasteiger partial charge in [0.25, 0.3) is 0 Å². The summed E-state index contributed by atoms with van der Waals surface area (Å²) in [7, 11) is 2.23. The molecule has 0 bridgehead atoms. The SMILES string of the molecule is CO[SiH](CCI)OC. The lowest BCUT2D eigenvalue weighted by Gasteiger charge is -2.06. The summed E-state index contributed by atoms with van der Waals surface area (Å²) in [5.41, 5.74) is 0. The molecule has 0 atom stereocenters. The van der Waals surface area contributed by atoms with Gasteiger partial charge in [0, 0.05) is 18.6 Å². The van der Waals surface area contributed by atoms with Gasteiger partial charge in [-0.05, 0) is 6.04 Å². The van der Waals surface area contributed by atoms with Crippen molar-refractivity contribution in [2.24, 2.45) is 0 Å². The first kappa shape index (κ1) is 8.87. The van der Waals surface area contributed by atoms with Crippen molar-refractivity contribution in [3.63, 3.8) is 0 Å². The minimum absolute atomic E-state index is 1.10. The average molecular weight is 246 g/mol. The molecule has 0 aliphatic heterocycles. The number of hydrogen-bond donors (Lipinski definition) is 0. The molecule has 0 rings (SSSR count). The number of alkyl halides is 1. The highest BCUT2D eigenvalue weighted by Crippen LogP contribution is 1.97. The molecule has 0 spiro atoms. The van der Waals surface area contributed by atoms with Crippen LogP contribution in [0.3, 0.4) is 0 Å². The van der Waals surface area contributed by atoms with Gasteiger partial charge in [0.2, 0.25) is 0 Å². The maximum Gasteiger partial charge on any atom is 0.321 e. The van der Waals surface area contributed by atoms with Crippen LogP contribution in [0.2, 0.25) is 6.04 Å². The van der Waals surface area contributed by atoms with E-state index in [1.54, 1.807) is 14.2 Å². The van der Waals surface area contributed by atoms with E-state index in [1.165, 1.54) is 0 Å². The standard InChI is InChI=1S/C4H11IO2Si/c1-6-8(7-2)4-3-5/h8H,3-4H2,1-2H3. The first-order valence-corrected chi connectivity index (χ1v) is 5.75. The zero-order valence-electron chi connectivity index (χ0n) is 5.19. The number of rotatable bonds is 4. The number of hydrogen-bond acceptors (Lipinski definition) is 2. The van der Waals surface area contributed by atoms with E-state index < -0.39 is 9.28 Å². The van der Waals surface area contributed by atoms with Crippen molar-refractivity contribution in [2.75, 3.05) is 18.6 Å². The van der Waals surface area contributed by atoms with Gasteiger partial charge >= 0.3 is 9.28 Å². The van der Waals surface area contributed by atoms with Gasteiger partial charge in [-0.1, -0.05) is 22.6 Å². The summed E-state index contributed by atoms with van der Waals surface area (Å²) < 4.78 is 11.2. The van der Waals surface area contributed by atoms with Crippen molar-refractivity contribution in [1.82, 2.24) is 0 Å². The van der Waals surface area contributed by atoms with Crippen LogP contribution in [0.5, 0.6) is 0 Å². The molecule has 0 saturated heterocycles. The Labute approximate surface area is 65.5 Å². The Hall–Kier alpha value is 0.867. The first-order chi connectivity index (χ1) is 3.85. The highest BCUT2D eigenvalue weighted by molar-refractivity contribution is 14.1. The summed E-state index contributed by atoms with van der Waals surface area (Å²) in [6.07, 6.45) is 0. The van der Waals surface area contributed by atoms with E-state index >= 15 is 0 Å². The molecule has 0 unspecified atom stereocenters. The van der Waals surface area contributed by atoms with Gasteiger partial charge in [0.05, 0.1) is 0 Å². The van der Waals surface area contributed by atoms with E-state index in [0.717, 1.165) is 10.5 Å². The predicted octanol–water partition coefficient (Wildman–Crippen LogP) is 0.935. The smallest absolute Gasteiger partial charge is 0.321 e. The molecule has 8 heavy (non-hydrogen) atoms. The summed E-state index contributed by atoms with van der Waals surface area (Å²) in [6, 6.07) is 1.10. The minimum atomic E-state index is -1.20. The molecule has 0 heterocycles. The van der Waals surface area contributed by atoms with E-state index in [-0.39, 0.29) is 0 Å². The summed E-state index contributed by atoms with van der Waals surface area (Å²) in [5.74, 6) is 0. The van der Waals surface area contributed by atoms with Crippen molar-refractivity contribution in [3.8, 4) is 0 Å². The van der Waals surface area contributed by atoms with Gasteiger partial charge in [-0.3, -0.25) is 0 Å². The molecule has 0 aromatic rings. The van der Waals surface area contributed by atoms with Crippen molar-refractivity contribution in [1.29, 1.82) is 0 Å². The predicted molar refractivity (Wildman–Crippen MR) is 44.9 cm³/mol. The largest absolute Gasteiger partial charge is 0.400 e. The third-order valence-electron chi connectivity index (χ3n) is 0.871. The van der Waals surface area contributed by atoms with E-state index in [1.807, 2.05) is 0 Å². The van der Waals surface area contributed by atoms with Crippen molar-refractivity contribution in [3.05, 3.63) is 0 Å². The topological polar surface area (TPSA) is 18.5 Å². The molecule has 0 amide bonds. The Morgan fingerprint density at radius 3 is 2.00 bits per heavy atom. The normalized spacial score (nSPS) is 10.5. The fourth-order valence-electron chi connectivity index (χ4n) is 0.421. The second kappa shape index (κ2) is 5.99. The second-order valence-electron chi connectivity index (χ2n) is 1.38. The molecular weight excluding hydrogens is 235 g/mol. The molecule has 0 fully saturated rings. The van der Waals surface area contributed by atoms with Crippen LogP contribution in [-0.4, -0.2) is 27.9 Å². The lowest BCUT2D eigenvalue weighted by Crippen LogP contribution is -2.18. The summed E-state index contributed by atoms with van der Waals surface area (Å²) in [5, 5.41) is 0. The van der Waals surface area contributed by atoms with Crippen LogP contribution in [0.25, 0.3) is 0 Å². The molecular formula is C4H11IO2Si. The monoisotopic (exact) mass is 246 g/mol. The molecule has 2 nitrogen and oxygen atoms in total. The molecule has 0 N–H and O–H groups in total. The van der Waals surface area contributed by atoms with E-state index in [9.17, 15) is 0 Å². The zero-order chi connectivity index (χ0) is 6.41. The van der Waals surface area contributed by atoms with E-state index in [4.69, 9.17) is 8.85 Å². The third-order valence-corrected chi connectivity index (χ3v) is 4.48. The minimum Gasteiger partial charge on any atom is -0.400 e. The van der Waals surface area contributed by atoms with Gasteiger partial charge in [-0.25, -0.2) is 0 Å². The third kappa shape index (κ3) is 3.82. The summed E-state index contributed by atoms with van der Waals surface area (Å²) in [4.78, 5) is 0. The molecule has 0 saturated carbocycles. The van der Waals surface area contributed by atoms with Gasteiger partial charge in [-0.2, -0.15) is 0 Å². The first-order valence-electron chi connectivity index (χ1n) is 2.46. The molecule has 4 heteroatoms. The van der Waals surface area contributed by atoms with Crippen LogP contribution in [0, 0.1) is 0 Å². The van der Waals surface area contributed by atoms with Crippen LogP contribution >= 0.6 is 22.6 Å². The Morgan fingerprint density at radius 2 is 1.88 bits per heavy atom. The van der Waals surface area contributed by atoms with E-state index in [0.29, 0.717) is 0 Å². The van der Waals surface area contributed by atoms with E-state index in [2.05, 4.69) is 22.6 Å². The Balaban J connectivity index is 3.07. The average Bonchev–Trinajstić information content (AvgIpc) is 1.83. The fraction of sp³-hybridized carbons (Fsp3) is 1.00. The van der Waals surface area contributed by atoms with Crippen LogP contribution in [0.4, 0.5) is 0 Å². The lowest BCUT2D eigenvalue weighted by molar-refractivity contribution is 0.279. The Kier molecular flexibility index (Phi) is 6.64. The highest BCUT2D eigenvalue weighted by atomic mass is 127. The Bertz CT molecular complexity index is 49.3. The number of halogens is 1.